The summed E-state index contributed by atoms with van der Waals surface area (Å²) in [5.41, 5.74) is 1.10. The summed E-state index contributed by atoms with van der Waals surface area (Å²) in [5, 5.41) is 3.40. The third-order valence-corrected chi connectivity index (χ3v) is 4.02. The quantitative estimate of drug-likeness (QED) is 0.814. The van der Waals surface area contributed by atoms with E-state index in [2.05, 4.69) is 24.1 Å². The smallest absolute Gasteiger partial charge is 0.175 e. The first-order valence-corrected chi connectivity index (χ1v) is 8.31. The molecule has 0 spiro atoms. The van der Waals surface area contributed by atoms with Gasteiger partial charge in [-0.3, -0.25) is 0 Å². The fourth-order valence-corrected chi connectivity index (χ4v) is 2.55. The molecular weight excluding hydrogens is 258 g/mol. The number of benzene rings is 1. The number of hydrogen-bond acceptors (Lipinski definition) is 3. The highest BCUT2D eigenvalue weighted by atomic mass is 32.2. The van der Waals surface area contributed by atoms with Crippen LogP contribution in [-0.2, 0) is 9.84 Å². The van der Waals surface area contributed by atoms with Gasteiger partial charge in [-0.25, -0.2) is 8.42 Å². The fourth-order valence-electron chi connectivity index (χ4n) is 1.92. The van der Waals surface area contributed by atoms with Gasteiger partial charge in [-0.15, -0.1) is 11.8 Å². The standard InChI is InChI=1S/C15H21NO2S/c1-4-6-7-8-15(16-5-2)13-9-11-14(12-10-13)19(3,17)18/h9-12,15-16H,5,7-8H2,1-3H3. The second-order valence-electron chi connectivity index (χ2n) is 4.42. The minimum atomic E-state index is -3.12. The molecule has 0 amide bonds. The maximum Gasteiger partial charge on any atom is 0.175 e. The molecule has 0 saturated carbocycles. The number of sulfone groups is 1. The zero-order valence-corrected chi connectivity index (χ0v) is 12.5. The van der Waals surface area contributed by atoms with Gasteiger partial charge in [0.2, 0.25) is 0 Å². The van der Waals surface area contributed by atoms with Crippen molar-refractivity contribution in [3.63, 3.8) is 0 Å². The first-order chi connectivity index (χ1) is 8.99. The van der Waals surface area contributed by atoms with Crippen molar-refractivity contribution in [1.29, 1.82) is 0 Å². The molecule has 1 aromatic carbocycles. The van der Waals surface area contributed by atoms with Gasteiger partial charge in [0.15, 0.2) is 9.84 Å². The number of rotatable bonds is 6. The summed E-state index contributed by atoms with van der Waals surface area (Å²) >= 11 is 0. The Balaban J connectivity index is 2.86. The van der Waals surface area contributed by atoms with Gasteiger partial charge in [0.1, 0.15) is 0 Å². The molecule has 1 N–H and O–H groups in total. The van der Waals surface area contributed by atoms with Crippen LogP contribution in [0.2, 0.25) is 0 Å². The Labute approximate surface area is 116 Å². The van der Waals surface area contributed by atoms with Crippen LogP contribution in [-0.4, -0.2) is 21.2 Å². The van der Waals surface area contributed by atoms with Crippen LogP contribution in [0.5, 0.6) is 0 Å². The molecule has 4 heteroatoms. The van der Waals surface area contributed by atoms with Gasteiger partial charge in [0, 0.05) is 18.7 Å². The van der Waals surface area contributed by atoms with Gasteiger partial charge in [-0.2, -0.15) is 0 Å². The number of nitrogens with one attached hydrogen (secondary N) is 1. The van der Waals surface area contributed by atoms with Crippen molar-refractivity contribution in [2.24, 2.45) is 0 Å². The van der Waals surface area contributed by atoms with Crippen molar-refractivity contribution < 1.29 is 8.42 Å². The van der Waals surface area contributed by atoms with Gasteiger partial charge in [-0.05, 0) is 37.6 Å². The van der Waals surface area contributed by atoms with Crippen molar-refractivity contribution >= 4 is 9.84 Å². The van der Waals surface area contributed by atoms with E-state index in [1.165, 1.54) is 6.26 Å². The van der Waals surface area contributed by atoms with Crippen molar-refractivity contribution in [2.45, 2.75) is 37.6 Å². The van der Waals surface area contributed by atoms with Crippen LogP contribution in [0.4, 0.5) is 0 Å². The highest BCUT2D eigenvalue weighted by Crippen LogP contribution is 2.20. The van der Waals surface area contributed by atoms with Crippen LogP contribution in [0.15, 0.2) is 29.2 Å². The number of hydrogen-bond donors (Lipinski definition) is 1. The molecule has 1 unspecified atom stereocenters. The molecule has 19 heavy (non-hydrogen) atoms. The van der Waals surface area contributed by atoms with Gasteiger partial charge in [0.25, 0.3) is 0 Å². The summed E-state index contributed by atoms with van der Waals surface area (Å²) < 4.78 is 22.8. The average molecular weight is 279 g/mol. The Morgan fingerprint density at radius 2 is 1.89 bits per heavy atom. The maximum absolute atomic E-state index is 11.4. The van der Waals surface area contributed by atoms with Crippen molar-refractivity contribution in [1.82, 2.24) is 5.32 Å². The Hall–Kier alpha value is -1.31. The Kier molecular flexibility index (Phi) is 6.07. The molecule has 0 heterocycles. The van der Waals surface area contributed by atoms with Gasteiger partial charge >= 0.3 is 0 Å². The first-order valence-electron chi connectivity index (χ1n) is 6.42. The third kappa shape index (κ3) is 5.06. The highest BCUT2D eigenvalue weighted by molar-refractivity contribution is 7.90. The molecule has 0 saturated heterocycles. The first kappa shape index (κ1) is 15.7. The summed E-state index contributed by atoms with van der Waals surface area (Å²) in [5.74, 6) is 5.95. The molecule has 0 fully saturated rings. The molecule has 1 aromatic rings. The predicted octanol–water partition coefficient (Wildman–Crippen LogP) is 2.54. The van der Waals surface area contributed by atoms with Crippen LogP contribution in [0, 0.1) is 11.8 Å². The van der Waals surface area contributed by atoms with Crippen LogP contribution in [0.1, 0.15) is 38.3 Å². The summed E-state index contributed by atoms with van der Waals surface area (Å²) in [4.78, 5) is 0.361. The molecule has 0 aliphatic heterocycles. The van der Waals surface area contributed by atoms with Crippen LogP contribution in [0.3, 0.4) is 0 Å². The lowest BCUT2D eigenvalue weighted by Crippen LogP contribution is -2.20. The van der Waals surface area contributed by atoms with E-state index in [0.29, 0.717) is 4.90 Å². The van der Waals surface area contributed by atoms with E-state index in [1.807, 2.05) is 19.1 Å². The summed E-state index contributed by atoms with van der Waals surface area (Å²) in [6.07, 6.45) is 2.98. The van der Waals surface area contributed by atoms with Crippen LogP contribution < -0.4 is 5.32 Å². The predicted molar refractivity (Wildman–Crippen MR) is 78.7 cm³/mol. The summed E-state index contributed by atoms with van der Waals surface area (Å²) in [6, 6.07) is 7.31. The SMILES string of the molecule is CC#CCCC(NCC)c1ccc(S(C)(=O)=O)cc1. The van der Waals surface area contributed by atoms with Gasteiger partial charge < -0.3 is 5.32 Å². The van der Waals surface area contributed by atoms with E-state index >= 15 is 0 Å². The molecule has 0 aromatic heterocycles. The van der Waals surface area contributed by atoms with Crippen LogP contribution in [0.25, 0.3) is 0 Å². The zero-order chi connectivity index (χ0) is 14.3. The van der Waals surface area contributed by atoms with Crippen molar-refractivity contribution in [2.75, 3.05) is 12.8 Å². The maximum atomic E-state index is 11.4. The van der Waals surface area contributed by atoms with Crippen molar-refractivity contribution in [3.05, 3.63) is 29.8 Å². The second-order valence-corrected chi connectivity index (χ2v) is 6.43. The Bertz CT molecular complexity index is 550. The lowest BCUT2D eigenvalue weighted by Gasteiger charge is -2.17. The normalized spacial score (nSPS) is 12.6. The average Bonchev–Trinajstić information content (AvgIpc) is 2.37. The molecule has 0 bridgehead atoms. The molecule has 1 atom stereocenters. The lowest BCUT2D eigenvalue weighted by atomic mass is 10.0. The molecule has 3 nitrogen and oxygen atoms in total. The van der Waals surface area contributed by atoms with Gasteiger partial charge in [-0.1, -0.05) is 19.1 Å². The third-order valence-electron chi connectivity index (χ3n) is 2.90. The second kappa shape index (κ2) is 7.32. The highest BCUT2D eigenvalue weighted by Gasteiger charge is 2.11. The minimum absolute atomic E-state index is 0.222. The molecule has 1 rings (SSSR count). The Morgan fingerprint density at radius 1 is 1.26 bits per heavy atom. The van der Waals surface area contributed by atoms with E-state index in [0.717, 1.165) is 24.9 Å². The molecule has 0 radical (unpaired) electrons. The largest absolute Gasteiger partial charge is 0.310 e. The zero-order valence-electron chi connectivity index (χ0n) is 11.7. The monoisotopic (exact) mass is 279 g/mol. The Morgan fingerprint density at radius 3 is 2.37 bits per heavy atom. The van der Waals surface area contributed by atoms with E-state index in [1.54, 1.807) is 12.1 Å². The minimum Gasteiger partial charge on any atom is -0.310 e. The molecule has 0 aliphatic rings. The molecular formula is C15H21NO2S. The van der Waals surface area contributed by atoms with E-state index < -0.39 is 9.84 Å². The van der Waals surface area contributed by atoms with Crippen molar-refractivity contribution in [3.8, 4) is 11.8 Å². The molecule has 0 aliphatic carbocycles. The van der Waals surface area contributed by atoms with Crippen LogP contribution >= 0.6 is 0 Å². The lowest BCUT2D eigenvalue weighted by molar-refractivity contribution is 0.522. The molecule has 104 valence electrons. The van der Waals surface area contributed by atoms with Gasteiger partial charge in [0.05, 0.1) is 4.90 Å². The van der Waals surface area contributed by atoms with E-state index in [-0.39, 0.29) is 6.04 Å². The fraction of sp³-hybridized carbons (Fsp3) is 0.467. The van der Waals surface area contributed by atoms with E-state index in [4.69, 9.17) is 0 Å². The van der Waals surface area contributed by atoms with E-state index in [9.17, 15) is 8.42 Å². The topological polar surface area (TPSA) is 46.2 Å². The summed E-state index contributed by atoms with van der Waals surface area (Å²) in [6.45, 7) is 4.77. The summed E-state index contributed by atoms with van der Waals surface area (Å²) in [7, 11) is -3.12.